The van der Waals surface area contributed by atoms with Crippen LogP contribution < -0.4 is 15.8 Å². The third-order valence-electron chi connectivity index (χ3n) is 7.32. The number of nitrogens with one attached hydrogen (secondary N) is 1. The molecule has 1 amide bonds. The zero-order valence-corrected chi connectivity index (χ0v) is 20.6. The van der Waals surface area contributed by atoms with Gasteiger partial charge in [-0.3, -0.25) is 4.79 Å². The van der Waals surface area contributed by atoms with Crippen LogP contribution in [0.4, 0.5) is 19.0 Å². The van der Waals surface area contributed by atoms with Crippen molar-refractivity contribution in [3.05, 3.63) is 35.8 Å². The molecule has 1 aliphatic carbocycles. The average Bonchev–Trinajstić information content (AvgIpc) is 3.49. The third-order valence-corrected chi connectivity index (χ3v) is 7.32. The number of alkyl halides is 3. The Morgan fingerprint density at radius 2 is 1.97 bits per heavy atom. The number of ether oxygens (including phenoxy) is 1. The van der Waals surface area contributed by atoms with Crippen molar-refractivity contribution in [1.82, 2.24) is 29.8 Å². The summed E-state index contributed by atoms with van der Waals surface area (Å²) in [6.07, 6.45) is 5.03. The zero-order valence-electron chi connectivity index (χ0n) is 20.6. The number of likely N-dealkylation sites (tertiary alicyclic amines) is 1. The van der Waals surface area contributed by atoms with Crippen LogP contribution in [0.5, 0.6) is 5.88 Å². The number of hydrogen-bond donors (Lipinski definition) is 2. The van der Waals surface area contributed by atoms with Crippen LogP contribution in [0, 0.1) is 5.92 Å². The summed E-state index contributed by atoms with van der Waals surface area (Å²) in [6, 6.07) is 2.38. The minimum absolute atomic E-state index is 0.0250. The van der Waals surface area contributed by atoms with Gasteiger partial charge in [0.2, 0.25) is 5.88 Å². The fourth-order valence-electron chi connectivity index (χ4n) is 5.52. The number of nitrogens with zero attached hydrogens (tertiary/aromatic N) is 5. The molecule has 0 aromatic carbocycles. The standard InChI is InChI=1S/C25H30F3N7O2/c1-37-24-18(23(36)33-17-7-8-34(13-17)12-15-5-3-2-4-6-15)9-16(11-30-24)20-10-19(25(26,27)28)21-22(29)31-14-32-35(20)21/h9-11,14-15,17H,2-8,12-13H2,1H3,(H,33,36)(H2,29,31,32)/t17-/m0/s1. The SMILES string of the molecule is COc1ncc(-c2cc(C(F)(F)F)c3c(N)ncnn23)cc1C(=O)N[C@H]1CCN(CC2CCCCC2)C1. The first kappa shape index (κ1) is 25.2. The quantitative estimate of drug-likeness (QED) is 0.512. The van der Waals surface area contributed by atoms with E-state index < -0.39 is 11.7 Å². The topological polar surface area (TPSA) is 111 Å². The van der Waals surface area contributed by atoms with Crippen LogP contribution in [-0.2, 0) is 6.18 Å². The Hall–Kier alpha value is -3.41. The first-order valence-electron chi connectivity index (χ1n) is 12.5. The van der Waals surface area contributed by atoms with Crippen molar-refractivity contribution in [1.29, 1.82) is 0 Å². The van der Waals surface area contributed by atoms with Crippen LogP contribution in [0.15, 0.2) is 24.7 Å². The Labute approximate surface area is 212 Å². The van der Waals surface area contributed by atoms with E-state index in [1.54, 1.807) is 0 Å². The maximum Gasteiger partial charge on any atom is 0.418 e. The molecule has 3 N–H and O–H groups in total. The van der Waals surface area contributed by atoms with Gasteiger partial charge in [0.1, 0.15) is 17.4 Å². The molecular formula is C25H30F3N7O2. The summed E-state index contributed by atoms with van der Waals surface area (Å²) in [4.78, 5) is 23.6. The van der Waals surface area contributed by atoms with Gasteiger partial charge >= 0.3 is 6.18 Å². The number of halogens is 3. The molecule has 0 radical (unpaired) electrons. The minimum Gasteiger partial charge on any atom is -0.480 e. The number of fused-ring (bicyclic) bond motifs is 1. The molecule has 37 heavy (non-hydrogen) atoms. The van der Waals surface area contributed by atoms with Crippen LogP contribution in [0.2, 0.25) is 0 Å². The maximum atomic E-state index is 13.7. The van der Waals surface area contributed by atoms with E-state index in [1.807, 2.05) is 0 Å². The Bertz CT molecular complexity index is 1290. The smallest absolute Gasteiger partial charge is 0.418 e. The number of carbonyl (C=O) groups is 1. The fraction of sp³-hybridized carbons (Fsp3) is 0.520. The molecule has 1 saturated heterocycles. The molecule has 1 saturated carbocycles. The van der Waals surface area contributed by atoms with Gasteiger partial charge in [0.25, 0.3) is 5.91 Å². The van der Waals surface area contributed by atoms with E-state index in [9.17, 15) is 18.0 Å². The van der Waals surface area contributed by atoms with E-state index in [-0.39, 0.29) is 46.0 Å². The van der Waals surface area contributed by atoms with Gasteiger partial charge in [0, 0.05) is 37.4 Å². The van der Waals surface area contributed by atoms with E-state index in [2.05, 4.69) is 25.3 Å². The lowest BCUT2D eigenvalue weighted by Gasteiger charge is -2.26. The van der Waals surface area contributed by atoms with Gasteiger partial charge in [-0.15, -0.1) is 0 Å². The van der Waals surface area contributed by atoms with Gasteiger partial charge in [-0.2, -0.15) is 18.3 Å². The van der Waals surface area contributed by atoms with Gasteiger partial charge in [0.15, 0.2) is 5.82 Å². The second-order valence-corrected chi connectivity index (χ2v) is 9.85. The predicted molar refractivity (Wildman–Crippen MR) is 131 cm³/mol. The fourth-order valence-corrected chi connectivity index (χ4v) is 5.52. The molecule has 1 aliphatic heterocycles. The lowest BCUT2D eigenvalue weighted by Crippen LogP contribution is -2.38. The summed E-state index contributed by atoms with van der Waals surface area (Å²) in [7, 11) is 1.39. The molecule has 1 atom stereocenters. The van der Waals surface area contributed by atoms with E-state index in [0.717, 1.165) is 48.9 Å². The van der Waals surface area contributed by atoms with Crippen molar-refractivity contribution < 1.29 is 22.7 Å². The number of carbonyl (C=O) groups excluding carboxylic acids is 1. The molecule has 0 spiro atoms. The number of amides is 1. The van der Waals surface area contributed by atoms with Gasteiger partial charge in [-0.25, -0.2) is 14.5 Å². The molecule has 12 heteroatoms. The molecule has 3 aromatic rings. The lowest BCUT2D eigenvalue weighted by molar-refractivity contribution is -0.136. The third kappa shape index (κ3) is 5.20. The molecule has 0 bridgehead atoms. The molecule has 198 valence electrons. The minimum atomic E-state index is -4.67. The van der Waals surface area contributed by atoms with Crippen molar-refractivity contribution in [2.75, 3.05) is 32.5 Å². The number of anilines is 1. The van der Waals surface area contributed by atoms with E-state index in [0.29, 0.717) is 0 Å². The molecule has 2 aliphatic rings. The second kappa shape index (κ2) is 10.2. The highest BCUT2D eigenvalue weighted by atomic mass is 19.4. The summed E-state index contributed by atoms with van der Waals surface area (Å²) in [5, 5.41) is 7.03. The molecule has 0 unspecified atom stereocenters. The van der Waals surface area contributed by atoms with Crippen LogP contribution in [-0.4, -0.2) is 63.2 Å². The van der Waals surface area contributed by atoms with E-state index >= 15 is 0 Å². The van der Waals surface area contributed by atoms with Gasteiger partial charge < -0.3 is 20.7 Å². The van der Waals surface area contributed by atoms with Crippen molar-refractivity contribution in [3.8, 4) is 17.1 Å². The molecule has 4 heterocycles. The number of pyridine rings is 1. The first-order valence-corrected chi connectivity index (χ1v) is 12.5. The number of rotatable bonds is 6. The average molecular weight is 518 g/mol. The molecule has 3 aromatic heterocycles. The number of hydrogen-bond acceptors (Lipinski definition) is 7. The molecular weight excluding hydrogens is 487 g/mol. The normalized spacial score (nSPS) is 19.4. The summed E-state index contributed by atoms with van der Waals surface area (Å²) >= 11 is 0. The van der Waals surface area contributed by atoms with Gasteiger partial charge in [-0.05, 0) is 37.3 Å². The Kier molecular flexibility index (Phi) is 6.93. The second-order valence-electron chi connectivity index (χ2n) is 9.85. The van der Waals surface area contributed by atoms with Crippen LogP contribution >= 0.6 is 0 Å². The number of nitrogen functional groups attached to an aromatic ring is 1. The van der Waals surface area contributed by atoms with Gasteiger partial charge in [0.05, 0.1) is 18.4 Å². The first-order chi connectivity index (χ1) is 17.7. The highest BCUT2D eigenvalue weighted by Gasteiger charge is 2.37. The van der Waals surface area contributed by atoms with Crippen LogP contribution in [0.3, 0.4) is 0 Å². The largest absolute Gasteiger partial charge is 0.480 e. The summed E-state index contributed by atoms with van der Waals surface area (Å²) < 4.78 is 47.6. The lowest BCUT2D eigenvalue weighted by atomic mass is 9.89. The summed E-state index contributed by atoms with van der Waals surface area (Å²) in [6.45, 7) is 2.75. The highest BCUT2D eigenvalue weighted by Crippen LogP contribution is 2.39. The number of nitrogens with two attached hydrogens (primary N) is 1. The van der Waals surface area contributed by atoms with Crippen molar-refractivity contribution >= 4 is 17.2 Å². The van der Waals surface area contributed by atoms with E-state index in [4.69, 9.17) is 10.5 Å². The Balaban J connectivity index is 1.38. The zero-order chi connectivity index (χ0) is 26.2. The van der Waals surface area contributed by atoms with Crippen molar-refractivity contribution in [2.45, 2.75) is 50.7 Å². The predicted octanol–water partition coefficient (Wildman–Crippen LogP) is 3.79. The van der Waals surface area contributed by atoms with Crippen molar-refractivity contribution in [2.24, 2.45) is 5.92 Å². The number of aromatic nitrogens is 4. The van der Waals surface area contributed by atoms with Crippen LogP contribution in [0.1, 0.15) is 54.4 Å². The molecule has 2 fully saturated rings. The van der Waals surface area contributed by atoms with E-state index in [1.165, 1.54) is 51.5 Å². The summed E-state index contributed by atoms with van der Waals surface area (Å²) in [5.74, 6) is 0.124. The van der Waals surface area contributed by atoms with Crippen molar-refractivity contribution in [3.63, 3.8) is 0 Å². The van der Waals surface area contributed by atoms with Crippen LogP contribution in [0.25, 0.3) is 16.8 Å². The summed E-state index contributed by atoms with van der Waals surface area (Å²) in [5.41, 5.74) is 4.92. The molecule has 9 nitrogen and oxygen atoms in total. The maximum absolute atomic E-state index is 13.7. The van der Waals surface area contributed by atoms with Gasteiger partial charge in [-0.1, -0.05) is 19.3 Å². The highest BCUT2D eigenvalue weighted by molar-refractivity contribution is 5.97. The monoisotopic (exact) mass is 517 g/mol. The number of methoxy groups -OCH3 is 1. The molecule has 5 rings (SSSR count). The Morgan fingerprint density at radius 3 is 2.70 bits per heavy atom. The Morgan fingerprint density at radius 1 is 1.19 bits per heavy atom.